The molecule has 1 rings (SSSR count). The molecule has 0 saturated heterocycles. The van der Waals surface area contributed by atoms with Crippen molar-refractivity contribution >= 4 is 17.8 Å². The molecular formula is C16H28N6O5. The molecule has 0 saturated carbocycles. The molecule has 11 nitrogen and oxygen atoms in total. The summed E-state index contributed by atoms with van der Waals surface area (Å²) in [5.74, 6) is -2.56. The molecule has 0 spiro atoms. The van der Waals surface area contributed by atoms with Crippen LogP contribution in [0.2, 0.25) is 0 Å². The predicted molar refractivity (Wildman–Crippen MR) is 96.4 cm³/mol. The fraction of sp³-hybridized carbons (Fsp3) is 0.625. The number of carboxylic acids is 1. The summed E-state index contributed by atoms with van der Waals surface area (Å²) in [6.07, 6.45) is 3.24. The number of aromatic amines is 1. The standard InChI is InChI=1S/C16H28N6O5/c1-9(23)13(18)15(25)21-11(4-2-3-5-17)14(24)22-12(16(26)27)6-10-7-19-8-20-10/h7-9,11-13,23H,2-6,17-18H2,1H3,(H,19,20)(H,21,25)(H,22,24)(H,26,27). The maximum absolute atomic E-state index is 12.6. The lowest BCUT2D eigenvalue weighted by Crippen LogP contribution is -2.56. The van der Waals surface area contributed by atoms with Gasteiger partial charge in [-0.1, -0.05) is 0 Å². The molecule has 0 aliphatic carbocycles. The normalized spacial score (nSPS) is 15.4. The Bertz CT molecular complexity index is 606. The molecule has 0 fully saturated rings. The molecular weight excluding hydrogens is 356 g/mol. The van der Waals surface area contributed by atoms with Crippen LogP contribution in [0.5, 0.6) is 0 Å². The summed E-state index contributed by atoms with van der Waals surface area (Å²) in [5, 5.41) is 23.7. The number of carbonyl (C=O) groups excluding carboxylic acids is 2. The Labute approximate surface area is 156 Å². The highest BCUT2D eigenvalue weighted by Crippen LogP contribution is 2.05. The van der Waals surface area contributed by atoms with Crippen LogP contribution < -0.4 is 22.1 Å². The van der Waals surface area contributed by atoms with Crippen molar-refractivity contribution in [3.8, 4) is 0 Å². The number of hydrogen-bond donors (Lipinski definition) is 7. The van der Waals surface area contributed by atoms with E-state index in [2.05, 4.69) is 20.6 Å². The highest BCUT2D eigenvalue weighted by atomic mass is 16.4. The average Bonchev–Trinajstić information content (AvgIpc) is 3.12. The zero-order valence-corrected chi connectivity index (χ0v) is 15.2. The van der Waals surface area contributed by atoms with E-state index in [-0.39, 0.29) is 12.8 Å². The van der Waals surface area contributed by atoms with Crippen molar-refractivity contribution in [1.29, 1.82) is 0 Å². The van der Waals surface area contributed by atoms with E-state index < -0.39 is 42.0 Å². The van der Waals surface area contributed by atoms with Gasteiger partial charge < -0.3 is 37.3 Å². The van der Waals surface area contributed by atoms with Crippen molar-refractivity contribution in [2.75, 3.05) is 6.54 Å². The highest BCUT2D eigenvalue weighted by molar-refractivity contribution is 5.91. The van der Waals surface area contributed by atoms with Gasteiger partial charge in [0.2, 0.25) is 11.8 Å². The highest BCUT2D eigenvalue weighted by Gasteiger charge is 2.29. The van der Waals surface area contributed by atoms with Gasteiger partial charge in [0.15, 0.2) is 0 Å². The Hall–Kier alpha value is -2.50. The lowest BCUT2D eigenvalue weighted by molar-refractivity contribution is -0.142. The van der Waals surface area contributed by atoms with Crippen LogP contribution in [-0.2, 0) is 20.8 Å². The lowest BCUT2D eigenvalue weighted by atomic mass is 10.1. The number of aliphatic hydroxyl groups is 1. The number of imidazole rings is 1. The fourth-order valence-corrected chi connectivity index (χ4v) is 2.34. The minimum atomic E-state index is -1.22. The number of aliphatic hydroxyl groups excluding tert-OH is 1. The zero-order chi connectivity index (χ0) is 20.4. The Balaban J connectivity index is 2.79. The topological polar surface area (TPSA) is 196 Å². The van der Waals surface area contributed by atoms with Gasteiger partial charge in [0.1, 0.15) is 18.1 Å². The fourth-order valence-electron chi connectivity index (χ4n) is 2.34. The summed E-state index contributed by atoms with van der Waals surface area (Å²) in [7, 11) is 0. The zero-order valence-electron chi connectivity index (χ0n) is 15.2. The molecule has 2 amide bonds. The molecule has 9 N–H and O–H groups in total. The van der Waals surface area contributed by atoms with E-state index in [4.69, 9.17) is 11.5 Å². The summed E-state index contributed by atoms with van der Waals surface area (Å²) in [4.78, 5) is 42.7. The summed E-state index contributed by atoms with van der Waals surface area (Å²) in [5.41, 5.74) is 11.6. The molecule has 0 radical (unpaired) electrons. The smallest absolute Gasteiger partial charge is 0.326 e. The number of H-pyrrole nitrogens is 1. The number of unbranched alkanes of at least 4 members (excludes halogenated alkanes) is 1. The quantitative estimate of drug-likeness (QED) is 0.198. The number of carbonyl (C=O) groups is 3. The number of rotatable bonds is 12. The number of carboxylic acid groups (broad SMARTS) is 1. The number of hydrogen-bond acceptors (Lipinski definition) is 7. The van der Waals surface area contributed by atoms with Gasteiger partial charge in [-0.3, -0.25) is 9.59 Å². The first-order chi connectivity index (χ1) is 12.8. The summed E-state index contributed by atoms with van der Waals surface area (Å²) < 4.78 is 0. The van der Waals surface area contributed by atoms with E-state index in [1.807, 2.05) is 0 Å². The Kier molecular flexibility index (Phi) is 9.40. The summed E-state index contributed by atoms with van der Waals surface area (Å²) in [6.45, 7) is 1.78. The number of nitrogens with one attached hydrogen (secondary N) is 3. The molecule has 0 aromatic carbocycles. The second kappa shape index (κ2) is 11.3. The minimum Gasteiger partial charge on any atom is -0.480 e. The van der Waals surface area contributed by atoms with Crippen LogP contribution in [0.3, 0.4) is 0 Å². The molecule has 11 heteroatoms. The van der Waals surface area contributed by atoms with Crippen molar-refractivity contribution in [2.24, 2.45) is 11.5 Å². The first-order valence-electron chi connectivity index (χ1n) is 8.70. The van der Waals surface area contributed by atoms with Gasteiger partial charge in [-0.25, -0.2) is 9.78 Å². The molecule has 1 heterocycles. The summed E-state index contributed by atoms with van der Waals surface area (Å²) >= 11 is 0. The van der Waals surface area contributed by atoms with Crippen molar-refractivity contribution in [2.45, 2.75) is 56.8 Å². The van der Waals surface area contributed by atoms with E-state index in [1.165, 1.54) is 19.4 Å². The summed E-state index contributed by atoms with van der Waals surface area (Å²) in [6, 6.07) is -3.38. The van der Waals surface area contributed by atoms with Gasteiger partial charge in [-0.05, 0) is 32.7 Å². The number of aromatic nitrogens is 2. The minimum absolute atomic E-state index is 0.0116. The van der Waals surface area contributed by atoms with Crippen molar-refractivity contribution < 1.29 is 24.6 Å². The van der Waals surface area contributed by atoms with Gasteiger partial charge in [0, 0.05) is 18.3 Å². The van der Waals surface area contributed by atoms with E-state index >= 15 is 0 Å². The second-order valence-electron chi connectivity index (χ2n) is 6.29. The van der Waals surface area contributed by atoms with Crippen molar-refractivity contribution in [1.82, 2.24) is 20.6 Å². The number of amides is 2. The van der Waals surface area contributed by atoms with Crippen molar-refractivity contribution in [3.63, 3.8) is 0 Å². The molecule has 0 bridgehead atoms. The molecule has 1 aromatic heterocycles. The maximum Gasteiger partial charge on any atom is 0.326 e. The average molecular weight is 384 g/mol. The van der Waals surface area contributed by atoms with Crippen LogP contribution in [0, 0.1) is 0 Å². The molecule has 27 heavy (non-hydrogen) atoms. The third-order valence-corrected chi connectivity index (χ3v) is 4.00. The van der Waals surface area contributed by atoms with Gasteiger partial charge >= 0.3 is 5.97 Å². The SMILES string of the molecule is CC(O)C(N)C(=O)NC(CCCCN)C(=O)NC(Cc1cnc[nH]1)C(=O)O. The first-order valence-corrected chi connectivity index (χ1v) is 8.70. The van der Waals surface area contributed by atoms with Gasteiger partial charge in [0.05, 0.1) is 12.4 Å². The molecule has 152 valence electrons. The Morgan fingerprint density at radius 2 is 1.89 bits per heavy atom. The van der Waals surface area contributed by atoms with Crippen LogP contribution in [0.25, 0.3) is 0 Å². The lowest BCUT2D eigenvalue weighted by Gasteiger charge is -2.23. The third kappa shape index (κ3) is 7.72. The Morgan fingerprint density at radius 1 is 1.22 bits per heavy atom. The Morgan fingerprint density at radius 3 is 2.41 bits per heavy atom. The van der Waals surface area contributed by atoms with E-state index in [0.29, 0.717) is 25.1 Å². The molecule has 4 unspecified atom stereocenters. The molecule has 0 aliphatic heterocycles. The van der Waals surface area contributed by atoms with E-state index in [0.717, 1.165) is 0 Å². The number of nitrogens with two attached hydrogens (primary N) is 2. The molecule has 4 atom stereocenters. The van der Waals surface area contributed by atoms with Gasteiger partial charge in [0.25, 0.3) is 0 Å². The number of aliphatic carboxylic acids is 1. The largest absolute Gasteiger partial charge is 0.480 e. The number of nitrogens with zero attached hydrogens (tertiary/aromatic N) is 1. The van der Waals surface area contributed by atoms with Crippen LogP contribution in [0.4, 0.5) is 0 Å². The van der Waals surface area contributed by atoms with Crippen LogP contribution in [0.15, 0.2) is 12.5 Å². The van der Waals surface area contributed by atoms with Crippen LogP contribution >= 0.6 is 0 Å². The first kappa shape index (κ1) is 22.5. The van der Waals surface area contributed by atoms with E-state index in [9.17, 15) is 24.6 Å². The molecule has 0 aliphatic rings. The van der Waals surface area contributed by atoms with Gasteiger partial charge in [-0.15, -0.1) is 0 Å². The van der Waals surface area contributed by atoms with Crippen molar-refractivity contribution in [3.05, 3.63) is 18.2 Å². The maximum atomic E-state index is 12.6. The second-order valence-corrected chi connectivity index (χ2v) is 6.29. The van der Waals surface area contributed by atoms with E-state index in [1.54, 1.807) is 0 Å². The van der Waals surface area contributed by atoms with Gasteiger partial charge in [-0.2, -0.15) is 0 Å². The third-order valence-electron chi connectivity index (χ3n) is 4.00. The monoisotopic (exact) mass is 384 g/mol. The predicted octanol–water partition coefficient (Wildman–Crippen LogP) is -2.16. The van der Waals surface area contributed by atoms with Crippen LogP contribution in [0.1, 0.15) is 31.9 Å². The molecule has 1 aromatic rings. The van der Waals surface area contributed by atoms with Crippen LogP contribution in [-0.4, -0.2) is 68.7 Å².